The van der Waals surface area contributed by atoms with Crippen molar-refractivity contribution in [1.82, 2.24) is 15.0 Å². The van der Waals surface area contributed by atoms with Crippen molar-refractivity contribution in [1.29, 1.82) is 0 Å². The number of carbonyl (C=O) groups excluding carboxylic acids is 1. The number of amides is 1. The largest absolute Gasteiger partial charge is 0.319 e. The zero-order valence-electron chi connectivity index (χ0n) is 16.5. The van der Waals surface area contributed by atoms with Gasteiger partial charge in [-0.25, -0.2) is 19.3 Å². The molecular formula is C21H18FN5OS2. The highest BCUT2D eigenvalue weighted by Gasteiger charge is 2.14. The van der Waals surface area contributed by atoms with Crippen molar-refractivity contribution >= 4 is 45.2 Å². The van der Waals surface area contributed by atoms with Crippen molar-refractivity contribution in [2.24, 2.45) is 0 Å². The molecule has 0 bridgehead atoms. The molecule has 0 aliphatic carbocycles. The van der Waals surface area contributed by atoms with Gasteiger partial charge < -0.3 is 10.6 Å². The van der Waals surface area contributed by atoms with Gasteiger partial charge in [-0.3, -0.25) is 4.79 Å². The quantitative estimate of drug-likeness (QED) is 0.416. The summed E-state index contributed by atoms with van der Waals surface area (Å²) in [6, 6.07) is 7.97. The van der Waals surface area contributed by atoms with E-state index in [-0.39, 0.29) is 5.69 Å². The van der Waals surface area contributed by atoms with E-state index < -0.39 is 11.7 Å². The Kier molecular flexibility index (Phi) is 5.56. The molecule has 3 heterocycles. The molecule has 9 heteroatoms. The monoisotopic (exact) mass is 439 g/mol. The molecule has 4 aromatic rings. The van der Waals surface area contributed by atoms with Crippen LogP contribution in [0.3, 0.4) is 0 Å². The molecule has 4 rings (SSSR count). The molecule has 0 atom stereocenters. The summed E-state index contributed by atoms with van der Waals surface area (Å²) in [4.78, 5) is 26.8. The molecule has 6 nitrogen and oxygen atoms in total. The number of para-hydroxylation sites is 1. The summed E-state index contributed by atoms with van der Waals surface area (Å²) in [6.07, 6.45) is 1.44. The van der Waals surface area contributed by atoms with Gasteiger partial charge in [-0.05, 0) is 44.5 Å². The molecule has 0 spiro atoms. The van der Waals surface area contributed by atoms with E-state index in [1.54, 1.807) is 42.5 Å². The number of aromatic nitrogens is 3. The zero-order chi connectivity index (χ0) is 21.3. The number of benzene rings is 1. The first kappa shape index (κ1) is 20.1. The Morgan fingerprint density at radius 2 is 1.93 bits per heavy atom. The average Bonchev–Trinajstić information content (AvgIpc) is 3.30. The standard InChI is InChI=1S/C21H18FN5OS2/c1-11-5-4-6-15(22)18(11)27-20(28)14-7-8-17(23-9-14)26-21-25-16(10-29-21)19-12(2)24-13(3)30-19/h4-10H,1-3H3,(H,27,28)(H,23,25,26). The predicted octanol–water partition coefficient (Wildman–Crippen LogP) is 5.72. The number of anilines is 3. The Hall–Kier alpha value is -3.17. The van der Waals surface area contributed by atoms with Gasteiger partial charge in [0.2, 0.25) is 0 Å². The maximum atomic E-state index is 13.9. The predicted molar refractivity (Wildman–Crippen MR) is 119 cm³/mol. The summed E-state index contributed by atoms with van der Waals surface area (Å²) < 4.78 is 13.9. The number of hydrogen-bond acceptors (Lipinski definition) is 7. The summed E-state index contributed by atoms with van der Waals surface area (Å²) >= 11 is 3.08. The zero-order valence-corrected chi connectivity index (χ0v) is 18.1. The minimum atomic E-state index is -0.472. The number of thiazole rings is 2. The highest BCUT2D eigenvalue weighted by Crippen LogP contribution is 2.32. The summed E-state index contributed by atoms with van der Waals surface area (Å²) in [5.74, 6) is -0.331. The van der Waals surface area contributed by atoms with Gasteiger partial charge in [-0.15, -0.1) is 22.7 Å². The van der Waals surface area contributed by atoms with Gasteiger partial charge in [0, 0.05) is 11.6 Å². The van der Waals surface area contributed by atoms with Crippen LogP contribution in [0.25, 0.3) is 10.6 Å². The van der Waals surface area contributed by atoms with E-state index in [2.05, 4.69) is 25.6 Å². The van der Waals surface area contributed by atoms with E-state index in [4.69, 9.17) is 0 Å². The normalized spacial score (nSPS) is 10.8. The third-order valence-corrected chi connectivity index (χ3v) is 6.21. The Balaban J connectivity index is 1.45. The van der Waals surface area contributed by atoms with Crippen molar-refractivity contribution in [2.75, 3.05) is 10.6 Å². The molecule has 0 aliphatic rings. The fourth-order valence-corrected chi connectivity index (χ4v) is 4.56. The van der Waals surface area contributed by atoms with Crippen LogP contribution in [0.5, 0.6) is 0 Å². The first-order chi connectivity index (χ1) is 14.4. The van der Waals surface area contributed by atoms with Crippen LogP contribution < -0.4 is 10.6 Å². The van der Waals surface area contributed by atoms with Gasteiger partial charge in [0.05, 0.1) is 32.5 Å². The van der Waals surface area contributed by atoms with Crippen molar-refractivity contribution in [3.05, 3.63) is 69.6 Å². The first-order valence-electron chi connectivity index (χ1n) is 9.10. The van der Waals surface area contributed by atoms with Crippen LogP contribution in [0.2, 0.25) is 0 Å². The number of nitrogens with one attached hydrogen (secondary N) is 2. The summed E-state index contributed by atoms with van der Waals surface area (Å²) in [5.41, 5.74) is 3.00. The van der Waals surface area contributed by atoms with Gasteiger partial charge in [-0.1, -0.05) is 12.1 Å². The lowest BCUT2D eigenvalue weighted by atomic mass is 10.2. The van der Waals surface area contributed by atoms with Crippen molar-refractivity contribution in [3.8, 4) is 10.6 Å². The number of nitrogens with zero attached hydrogens (tertiary/aromatic N) is 3. The Morgan fingerprint density at radius 3 is 2.60 bits per heavy atom. The average molecular weight is 440 g/mol. The molecule has 3 aromatic heterocycles. The summed E-state index contributed by atoms with van der Waals surface area (Å²) in [7, 11) is 0. The minimum absolute atomic E-state index is 0.175. The van der Waals surface area contributed by atoms with Crippen molar-refractivity contribution in [2.45, 2.75) is 20.8 Å². The number of aryl methyl sites for hydroxylation is 3. The highest BCUT2D eigenvalue weighted by molar-refractivity contribution is 7.16. The van der Waals surface area contributed by atoms with E-state index in [0.29, 0.717) is 22.1 Å². The van der Waals surface area contributed by atoms with Crippen LogP contribution in [-0.4, -0.2) is 20.9 Å². The number of pyridine rings is 1. The molecular weight excluding hydrogens is 421 g/mol. The van der Waals surface area contributed by atoms with Crippen molar-refractivity contribution in [3.63, 3.8) is 0 Å². The molecule has 0 aliphatic heterocycles. The van der Waals surface area contributed by atoms with Crippen LogP contribution in [0, 0.1) is 26.6 Å². The van der Waals surface area contributed by atoms with Gasteiger partial charge in [0.15, 0.2) is 5.13 Å². The Morgan fingerprint density at radius 1 is 1.10 bits per heavy atom. The topological polar surface area (TPSA) is 79.8 Å². The smallest absolute Gasteiger partial charge is 0.257 e. The third-order valence-electron chi connectivity index (χ3n) is 4.36. The number of hydrogen-bond donors (Lipinski definition) is 2. The summed E-state index contributed by atoms with van der Waals surface area (Å²) in [5, 5.41) is 9.42. The van der Waals surface area contributed by atoms with Crippen LogP contribution in [0.15, 0.2) is 41.9 Å². The minimum Gasteiger partial charge on any atom is -0.319 e. The highest BCUT2D eigenvalue weighted by atomic mass is 32.1. The van der Waals surface area contributed by atoms with Crippen molar-refractivity contribution < 1.29 is 9.18 Å². The maximum absolute atomic E-state index is 13.9. The van der Waals surface area contributed by atoms with Crippen LogP contribution >= 0.6 is 22.7 Å². The molecule has 0 radical (unpaired) electrons. The van der Waals surface area contributed by atoms with Gasteiger partial charge in [0.1, 0.15) is 11.6 Å². The van der Waals surface area contributed by atoms with E-state index in [1.807, 2.05) is 19.2 Å². The molecule has 1 amide bonds. The van der Waals surface area contributed by atoms with Gasteiger partial charge in [0.25, 0.3) is 5.91 Å². The number of rotatable bonds is 5. The van der Waals surface area contributed by atoms with E-state index in [1.165, 1.54) is 23.6 Å². The molecule has 0 saturated heterocycles. The van der Waals surface area contributed by atoms with E-state index >= 15 is 0 Å². The fraction of sp³-hybridized carbons (Fsp3) is 0.143. The van der Waals surface area contributed by atoms with Crippen LogP contribution in [-0.2, 0) is 0 Å². The SMILES string of the molecule is Cc1nc(C)c(-c2csc(Nc3ccc(C(=O)Nc4c(C)cccc4F)cn3)n2)s1. The fourth-order valence-electron chi connectivity index (χ4n) is 2.89. The number of halogens is 1. The van der Waals surface area contributed by atoms with E-state index in [0.717, 1.165) is 21.3 Å². The molecule has 30 heavy (non-hydrogen) atoms. The molecule has 0 fully saturated rings. The van der Waals surface area contributed by atoms with Crippen LogP contribution in [0.1, 0.15) is 26.6 Å². The van der Waals surface area contributed by atoms with Crippen LogP contribution in [0.4, 0.5) is 21.0 Å². The van der Waals surface area contributed by atoms with Gasteiger partial charge >= 0.3 is 0 Å². The lowest BCUT2D eigenvalue weighted by molar-refractivity contribution is 0.102. The lowest BCUT2D eigenvalue weighted by Crippen LogP contribution is -2.14. The van der Waals surface area contributed by atoms with Gasteiger partial charge in [-0.2, -0.15) is 0 Å². The second-order valence-corrected chi connectivity index (χ2v) is 8.69. The molecule has 1 aromatic carbocycles. The first-order valence-corrected chi connectivity index (χ1v) is 10.8. The Labute approximate surface area is 180 Å². The third kappa shape index (κ3) is 4.22. The Bertz CT molecular complexity index is 1200. The molecule has 0 saturated carbocycles. The number of carbonyl (C=O) groups is 1. The maximum Gasteiger partial charge on any atom is 0.257 e. The lowest BCUT2D eigenvalue weighted by Gasteiger charge is -2.09. The van der Waals surface area contributed by atoms with E-state index in [9.17, 15) is 9.18 Å². The second-order valence-electron chi connectivity index (χ2n) is 6.63. The molecule has 0 unspecified atom stereocenters. The summed E-state index contributed by atoms with van der Waals surface area (Å²) in [6.45, 7) is 5.68. The molecule has 152 valence electrons. The molecule has 2 N–H and O–H groups in total. The second kappa shape index (κ2) is 8.29.